The molecule has 0 unspecified atom stereocenters. The molecule has 0 fully saturated rings. The molecule has 0 amide bonds. The minimum absolute atomic E-state index is 0.00349. The van der Waals surface area contributed by atoms with E-state index < -0.39 is 10.0 Å². The summed E-state index contributed by atoms with van der Waals surface area (Å²) < 4.78 is 26.3. The molecule has 1 heterocycles. The van der Waals surface area contributed by atoms with E-state index in [4.69, 9.17) is 17.3 Å². The first-order valence-electron chi connectivity index (χ1n) is 6.35. The number of rotatable bonds is 4. The zero-order valence-corrected chi connectivity index (χ0v) is 13.3. The number of aryl methyl sites for hydroxylation is 1. The van der Waals surface area contributed by atoms with E-state index in [0.717, 1.165) is 12.0 Å². The van der Waals surface area contributed by atoms with Crippen LogP contribution < -0.4 is 10.0 Å². The highest BCUT2D eigenvalue weighted by molar-refractivity contribution is 7.92. The van der Waals surface area contributed by atoms with Crippen LogP contribution in [0.2, 0.25) is 5.02 Å². The van der Waals surface area contributed by atoms with Crippen LogP contribution >= 0.6 is 11.6 Å². The van der Waals surface area contributed by atoms with Crippen molar-refractivity contribution in [2.45, 2.75) is 18.2 Å². The van der Waals surface area contributed by atoms with Crippen molar-refractivity contribution in [3.8, 4) is 0 Å². The molecule has 1 aromatic heterocycles. The van der Waals surface area contributed by atoms with Crippen molar-refractivity contribution in [2.75, 3.05) is 17.1 Å². The predicted octanol–water partition coefficient (Wildman–Crippen LogP) is 2.70. The molecule has 2 aromatic rings. The quantitative estimate of drug-likeness (QED) is 0.937. The Morgan fingerprint density at radius 3 is 2.43 bits per heavy atom. The maximum atomic E-state index is 12.5. The van der Waals surface area contributed by atoms with Crippen molar-refractivity contribution in [3.05, 3.63) is 47.1 Å². The van der Waals surface area contributed by atoms with Crippen LogP contribution in [-0.4, -0.2) is 20.4 Å². The van der Waals surface area contributed by atoms with Gasteiger partial charge in [0.05, 0.1) is 10.7 Å². The average Bonchev–Trinajstić information content (AvgIpc) is 2.49. The zero-order chi connectivity index (χ0) is 15.6. The number of aromatic nitrogens is 1. The first-order chi connectivity index (χ1) is 9.86. The van der Waals surface area contributed by atoms with Gasteiger partial charge in [-0.05, 0) is 30.2 Å². The van der Waals surface area contributed by atoms with Crippen LogP contribution in [0.25, 0.3) is 0 Å². The summed E-state index contributed by atoms with van der Waals surface area (Å²) in [5.41, 5.74) is 7.21. The van der Waals surface area contributed by atoms with E-state index in [1.54, 1.807) is 12.1 Å². The number of anilines is 2. The van der Waals surface area contributed by atoms with E-state index in [1.807, 2.05) is 19.1 Å². The third-order valence-corrected chi connectivity index (χ3v) is 5.26. The minimum atomic E-state index is -3.72. The standard InChI is InChI=1S/C14H16ClN3O2S/c1-3-10-4-6-11(7-5-10)18(2)21(19,20)12-8-13(15)14(16)17-9-12/h4-9H,3H2,1-2H3,(H2,16,17). The van der Waals surface area contributed by atoms with E-state index in [9.17, 15) is 8.42 Å². The van der Waals surface area contributed by atoms with Crippen LogP contribution in [0.3, 0.4) is 0 Å². The van der Waals surface area contributed by atoms with E-state index in [0.29, 0.717) is 5.69 Å². The normalized spacial score (nSPS) is 11.4. The van der Waals surface area contributed by atoms with Crippen LogP contribution in [0, 0.1) is 0 Å². The van der Waals surface area contributed by atoms with Crippen LogP contribution in [-0.2, 0) is 16.4 Å². The van der Waals surface area contributed by atoms with E-state index in [2.05, 4.69) is 4.98 Å². The Hall–Kier alpha value is -1.79. The fourth-order valence-corrected chi connectivity index (χ4v) is 3.21. The van der Waals surface area contributed by atoms with Crippen LogP contribution in [0.4, 0.5) is 11.5 Å². The second-order valence-corrected chi connectivity index (χ2v) is 6.91. The van der Waals surface area contributed by atoms with Gasteiger partial charge in [-0.15, -0.1) is 0 Å². The van der Waals surface area contributed by atoms with Gasteiger partial charge in [0.25, 0.3) is 10.0 Å². The molecule has 0 aliphatic heterocycles. The van der Waals surface area contributed by atoms with Crippen LogP contribution in [0.15, 0.2) is 41.4 Å². The Bertz CT molecular complexity index is 745. The third kappa shape index (κ3) is 3.11. The van der Waals surface area contributed by atoms with E-state index >= 15 is 0 Å². The second-order valence-electron chi connectivity index (χ2n) is 4.53. The lowest BCUT2D eigenvalue weighted by Gasteiger charge is -2.19. The number of pyridine rings is 1. The molecule has 112 valence electrons. The summed E-state index contributed by atoms with van der Waals surface area (Å²) >= 11 is 5.84. The monoisotopic (exact) mass is 325 g/mol. The second kappa shape index (κ2) is 5.91. The Labute approximate surface area is 129 Å². The van der Waals surface area contributed by atoms with Gasteiger partial charge in [0, 0.05) is 13.2 Å². The van der Waals surface area contributed by atoms with Crippen molar-refractivity contribution in [2.24, 2.45) is 0 Å². The van der Waals surface area contributed by atoms with Crippen molar-refractivity contribution in [3.63, 3.8) is 0 Å². The smallest absolute Gasteiger partial charge is 0.265 e. The molecule has 5 nitrogen and oxygen atoms in total. The Balaban J connectivity index is 2.39. The van der Waals surface area contributed by atoms with Gasteiger partial charge in [-0.3, -0.25) is 4.31 Å². The SMILES string of the molecule is CCc1ccc(N(C)S(=O)(=O)c2cnc(N)c(Cl)c2)cc1. The van der Waals surface area contributed by atoms with Gasteiger partial charge in [-0.25, -0.2) is 13.4 Å². The van der Waals surface area contributed by atoms with E-state index in [1.165, 1.54) is 23.6 Å². The van der Waals surface area contributed by atoms with Gasteiger partial charge in [0.1, 0.15) is 10.7 Å². The zero-order valence-electron chi connectivity index (χ0n) is 11.7. The van der Waals surface area contributed by atoms with E-state index in [-0.39, 0.29) is 15.7 Å². The minimum Gasteiger partial charge on any atom is -0.382 e. The van der Waals surface area contributed by atoms with Crippen LogP contribution in [0.1, 0.15) is 12.5 Å². The third-order valence-electron chi connectivity index (χ3n) is 3.21. The largest absolute Gasteiger partial charge is 0.382 e. The highest BCUT2D eigenvalue weighted by atomic mass is 35.5. The summed E-state index contributed by atoms with van der Waals surface area (Å²) in [7, 11) is -2.23. The topological polar surface area (TPSA) is 76.3 Å². The molecule has 21 heavy (non-hydrogen) atoms. The molecule has 0 bridgehead atoms. The fourth-order valence-electron chi connectivity index (χ4n) is 1.81. The maximum Gasteiger partial charge on any atom is 0.265 e. The van der Waals surface area contributed by atoms with Gasteiger partial charge < -0.3 is 5.73 Å². The molecule has 1 aromatic carbocycles. The first kappa shape index (κ1) is 15.6. The average molecular weight is 326 g/mol. The lowest BCUT2D eigenvalue weighted by atomic mass is 10.1. The summed E-state index contributed by atoms with van der Waals surface area (Å²) in [4.78, 5) is 3.79. The molecule has 0 spiro atoms. The summed E-state index contributed by atoms with van der Waals surface area (Å²) in [5, 5.41) is 0.116. The molecule has 0 atom stereocenters. The number of hydrogen-bond donors (Lipinski definition) is 1. The molecule has 0 saturated carbocycles. The molecule has 2 N–H and O–H groups in total. The summed E-state index contributed by atoms with van der Waals surface area (Å²) in [6, 6.07) is 8.63. The molecular formula is C14H16ClN3O2S. The van der Waals surface area contributed by atoms with Crippen molar-refractivity contribution >= 4 is 33.1 Å². The molecule has 0 saturated heterocycles. The number of nitrogen functional groups attached to an aromatic ring is 1. The molecule has 0 radical (unpaired) electrons. The highest BCUT2D eigenvalue weighted by Crippen LogP contribution is 2.25. The lowest BCUT2D eigenvalue weighted by Crippen LogP contribution is -2.26. The van der Waals surface area contributed by atoms with Crippen molar-refractivity contribution in [1.82, 2.24) is 4.98 Å². The fraction of sp³-hybridized carbons (Fsp3) is 0.214. The number of halogens is 1. The lowest BCUT2D eigenvalue weighted by molar-refractivity contribution is 0.594. The molecule has 2 rings (SSSR count). The number of hydrogen-bond acceptors (Lipinski definition) is 4. The molecule has 7 heteroatoms. The number of nitrogens with zero attached hydrogens (tertiary/aromatic N) is 2. The van der Waals surface area contributed by atoms with Gasteiger partial charge in [0.15, 0.2) is 0 Å². The molecule has 0 aliphatic rings. The molecular weight excluding hydrogens is 310 g/mol. The Morgan fingerprint density at radius 2 is 1.90 bits per heavy atom. The highest BCUT2D eigenvalue weighted by Gasteiger charge is 2.22. The number of benzene rings is 1. The number of sulfonamides is 1. The Morgan fingerprint density at radius 1 is 1.29 bits per heavy atom. The summed E-state index contributed by atoms with van der Waals surface area (Å²) in [6.45, 7) is 2.04. The van der Waals surface area contributed by atoms with Crippen molar-refractivity contribution in [1.29, 1.82) is 0 Å². The summed E-state index contributed by atoms with van der Waals surface area (Å²) in [6.07, 6.45) is 2.10. The van der Waals surface area contributed by atoms with Gasteiger partial charge in [-0.1, -0.05) is 30.7 Å². The maximum absolute atomic E-state index is 12.5. The summed E-state index contributed by atoms with van der Waals surface area (Å²) in [5.74, 6) is 0.102. The van der Waals surface area contributed by atoms with Gasteiger partial charge in [-0.2, -0.15) is 0 Å². The number of nitrogens with two attached hydrogens (primary N) is 1. The predicted molar refractivity (Wildman–Crippen MR) is 85.1 cm³/mol. The van der Waals surface area contributed by atoms with Gasteiger partial charge in [0.2, 0.25) is 0 Å². The first-order valence-corrected chi connectivity index (χ1v) is 8.17. The van der Waals surface area contributed by atoms with Gasteiger partial charge >= 0.3 is 0 Å². The van der Waals surface area contributed by atoms with Crippen LogP contribution in [0.5, 0.6) is 0 Å². The Kier molecular flexibility index (Phi) is 4.39. The molecule has 0 aliphatic carbocycles. The van der Waals surface area contributed by atoms with Crippen molar-refractivity contribution < 1.29 is 8.42 Å².